The zero-order chi connectivity index (χ0) is 56.5. The van der Waals surface area contributed by atoms with Crippen molar-refractivity contribution in [1.29, 1.82) is 0 Å². The van der Waals surface area contributed by atoms with Gasteiger partial charge in [-0.1, -0.05) is 233 Å². The number of carbonyl (C=O) groups excluding carboxylic acids is 4. The molecule has 77 heavy (non-hydrogen) atoms. The summed E-state index contributed by atoms with van der Waals surface area (Å²) in [5.41, 5.74) is 0. The van der Waals surface area contributed by atoms with Crippen LogP contribution in [0.25, 0.3) is 0 Å². The Morgan fingerprint density at radius 2 is 0.545 bits per heavy atom. The first-order chi connectivity index (χ1) is 37.6. The SMILES string of the molecule is CCCCCCCCCCCCCCOC(=O)CCN(CCC(=O)OCCCCCCCCCCCCCC)CCN(C)CCN(CCN(CCC(=O)OC)CCC(=O)OCCCCCCCCCCCCCC)C(C)C. The van der Waals surface area contributed by atoms with Gasteiger partial charge in [0.15, 0.2) is 0 Å². The molecule has 0 aliphatic rings. The molecule has 0 aromatic heterocycles. The first kappa shape index (κ1) is 74.7. The van der Waals surface area contributed by atoms with Crippen molar-refractivity contribution < 1.29 is 38.1 Å². The van der Waals surface area contributed by atoms with E-state index in [0.29, 0.717) is 71.3 Å². The standard InChI is InChI=1S/C65H128N4O8/c1-8-11-14-17-20-23-26-29-32-35-38-41-58-75-63(71)45-49-67(50-46-64(72)76-59-42-39-36-33-30-27-24-21-18-15-12-9-2)54-52-66(6)53-56-69(61(4)5)57-55-68(48-44-62(70)74-7)51-47-65(73)77-60-43-40-37-34-31-28-25-22-19-16-13-10-3/h61H,8-60H2,1-7H3. The van der Waals surface area contributed by atoms with Crippen molar-refractivity contribution in [2.75, 3.05) is 99.4 Å². The summed E-state index contributed by atoms with van der Waals surface area (Å²) in [4.78, 5) is 59.9. The summed E-state index contributed by atoms with van der Waals surface area (Å²) in [6.45, 7) is 19.6. The van der Waals surface area contributed by atoms with Gasteiger partial charge >= 0.3 is 23.9 Å². The van der Waals surface area contributed by atoms with Crippen LogP contribution in [0.15, 0.2) is 0 Å². The lowest BCUT2D eigenvalue weighted by molar-refractivity contribution is -0.145. The predicted molar refractivity (Wildman–Crippen MR) is 324 cm³/mol. The van der Waals surface area contributed by atoms with E-state index in [1.807, 2.05) is 0 Å². The van der Waals surface area contributed by atoms with Crippen LogP contribution in [0.3, 0.4) is 0 Å². The molecule has 0 radical (unpaired) electrons. The lowest BCUT2D eigenvalue weighted by atomic mass is 10.1. The summed E-state index contributed by atoms with van der Waals surface area (Å²) in [5, 5.41) is 0. The number of hydrogen-bond donors (Lipinski definition) is 0. The fraction of sp³-hybridized carbons (Fsp3) is 0.938. The van der Waals surface area contributed by atoms with E-state index in [2.05, 4.69) is 61.3 Å². The topological polar surface area (TPSA) is 118 Å². The lowest BCUT2D eigenvalue weighted by Gasteiger charge is -2.32. The predicted octanol–water partition coefficient (Wildman–Crippen LogP) is 15.7. The summed E-state index contributed by atoms with van der Waals surface area (Å²) in [5.74, 6) is -0.757. The van der Waals surface area contributed by atoms with E-state index in [9.17, 15) is 19.2 Å². The third-order valence-corrected chi connectivity index (χ3v) is 15.5. The molecule has 0 saturated heterocycles. The van der Waals surface area contributed by atoms with Crippen molar-refractivity contribution in [1.82, 2.24) is 19.6 Å². The molecule has 12 heteroatoms. The van der Waals surface area contributed by atoms with Gasteiger partial charge in [-0.05, 0) is 40.2 Å². The Morgan fingerprint density at radius 1 is 0.312 bits per heavy atom. The van der Waals surface area contributed by atoms with E-state index >= 15 is 0 Å². The number of carbonyl (C=O) groups is 4. The maximum atomic E-state index is 12.9. The fourth-order valence-corrected chi connectivity index (χ4v) is 10.00. The molecule has 0 fully saturated rings. The van der Waals surface area contributed by atoms with Gasteiger partial charge in [0, 0.05) is 71.5 Å². The molecule has 0 amide bonds. The van der Waals surface area contributed by atoms with E-state index in [-0.39, 0.29) is 30.3 Å². The molecule has 0 aliphatic carbocycles. The number of ether oxygens (including phenoxy) is 4. The van der Waals surface area contributed by atoms with Crippen LogP contribution in [0.2, 0.25) is 0 Å². The number of unbranched alkanes of at least 4 members (excludes halogenated alkanes) is 33. The van der Waals surface area contributed by atoms with Gasteiger partial charge in [0.2, 0.25) is 0 Å². The van der Waals surface area contributed by atoms with E-state index < -0.39 is 0 Å². The number of nitrogens with zero attached hydrogens (tertiary/aromatic N) is 4. The fourth-order valence-electron chi connectivity index (χ4n) is 10.00. The van der Waals surface area contributed by atoms with Crippen LogP contribution in [-0.2, 0) is 38.1 Å². The van der Waals surface area contributed by atoms with Crippen molar-refractivity contribution >= 4 is 23.9 Å². The molecule has 0 aromatic rings. The Morgan fingerprint density at radius 3 is 0.818 bits per heavy atom. The van der Waals surface area contributed by atoms with Crippen LogP contribution in [0.1, 0.15) is 291 Å². The van der Waals surface area contributed by atoms with Crippen molar-refractivity contribution in [3.8, 4) is 0 Å². The monoisotopic (exact) mass is 1090 g/mol. The largest absolute Gasteiger partial charge is 0.469 e. The highest BCUT2D eigenvalue weighted by Gasteiger charge is 2.18. The van der Waals surface area contributed by atoms with Crippen LogP contribution in [-0.4, -0.2) is 149 Å². The minimum Gasteiger partial charge on any atom is -0.469 e. The number of hydrogen-bond acceptors (Lipinski definition) is 12. The van der Waals surface area contributed by atoms with E-state index in [0.717, 1.165) is 77.8 Å². The number of methoxy groups -OCH3 is 1. The molecule has 0 spiro atoms. The lowest BCUT2D eigenvalue weighted by Crippen LogP contribution is -2.44. The Bertz CT molecular complexity index is 1260. The highest BCUT2D eigenvalue weighted by molar-refractivity contribution is 5.70. The van der Waals surface area contributed by atoms with Gasteiger partial charge in [-0.2, -0.15) is 0 Å². The minimum absolute atomic E-state index is 0.166. The first-order valence-corrected chi connectivity index (χ1v) is 33.0. The average Bonchev–Trinajstić information content (AvgIpc) is 3.42. The number of rotatable bonds is 61. The summed E-state index contributed by atoms with van der Waals surface area (Å²) >= 11 is 0. The van der Waals surface area contributed by atoms with Crippen LogP contribution in [0.4, 0.5) is 0 Å². The van der Waals surface area contributed by atoms with Gasteiger partial charge < -0.3 is 33.6 Å². The second-order valence-corrected chi connectivity index (χ2v) is 23.0. The average molecular weight is 1090 g/mol. The zero-order valence-electron chi connectivity index (χ0n) is 52.1. The molecule has 0 bridgehead atoms. The quantitative estimate of drug-likeness (QED) is 0.0328. The summed E-state index contributed by atoms with van der Waals surface area (Å²) in [7, 11) is 3.55. The molecule has 0 aliphatic heterocycles. The maximum Gasteiger partial charge on any atom is 0.307 e. The van der Waals surface area contributed by atoms with Crippen molar-refractivity contribution in [3.63, 3.8) is 0 Å². The highest BCUT2D eigenvalue weighted by atomic mass is 16.5. The second-order valence-electron chi connectivity index (χ2n) is 23.0. The Labute approximate surface area is 476 Å². The van der Waals surface area contributed by atoms with Crippen LogP contribution >= 0.6 is 0 Å². The smallest absolute Gasteiger partial charge is 0.307 e. The molecule has 0 unspecified atom stereocenters. The molecule has 0 heterocycles. The Balaban J connectivity index is 4.97. The molecular weight excluding hydrogens is 965 g/mol. The van der Waals surface area contributed by atoms with Gasteiger partial charge in [-0.15, -0.1) is 0 Å². The van der Waals surface area contributed by atoms with E-state index in [1.54, 1.807) is 0 Å². The molecular formula is C65H128N4O8. The summed E-state index contributed by atoms with van der Waals surface area (Å²) in [6.07, 6.45) is 47.0. The molecule has 0 rings (SSSR count). The molecule has 0 aromatic carbocycles. The summed E-state index contributed by atoms with van der Waals surface area (Å²) in [6, 6.07) is 0.310. The number of esters is 4. The van der Waals surface area contributed by atoms with Crippen LogP contribution in [0.5, 0.6) is 0 Å². The van der Waals surface area contributed by atoms with Gasteiger partial charge in [0.1, 0.15) is 0 Å². The maximum absolute atomic E-state index is 12.9. The van der Waals surface area contributed by atoms with E-state index in [4.69, 9.17) is 18.9 Å². The van der Waals surface area contributed by atoms with Gasteiger partial charge in [-0.25, -0.2) is 0 Å². The Hall–Kier alpha value is -2.28. The molecule has 456 valence electrons. The van der Waals surface area contributed by atoms with Crippen molar-refractivity contribution in [3.05, 3.63) is 0 Å². The van der Waals surface area contributed by atoms with E-state index in [1.165, 1.54) is 200 Å². The molecule has 0 atom stereocenters. The van der Waals surface area contributed by atoms with Crippen molar-refractivity contribution in [2.24, 2.45) is 0 Å². The number of likely N-dealkylation sites (N-methyl/N-ethyl adjacent to an activating group) is 1. The van der Waals surface area contributed by atoms with Crippen LogP contribution in [0, 0.1) is 0 Å². The second kappa shape index (κ2) is 58.4. The normalized spacial score (nSPS) is 11.7. The minimum atomic E-state index is -0.251. The Kier molecular flexibility index (Phi) is 56.6. The highest BCUT2D eigenvalue weighted by Crippen LogP contribution is 2.15. The third kappa shape index (κ3) is 54.1. The first-order valence-electron chi connectivity index (χ1n) is 33.0. The molecule has 12 nitrogen and oxygen atoms in total. The zero-order valence-corrected chi connectivity index (χ0v) is 52.1. The van der Waals surface area contributed by atoms with Crippen LogP contribution < -0.4 is 0 Å². The van der Waals surface area contributed by atoms with Gasteiger partial charge in [0.25, 0.3) is 0 Å². The van der Waals surface area contributed by atoms with Gasteiger partial charge in [-0.3, -0.25) is 24.1 Å². The molecule has 0 N–H and O–H groups in total. The van der Waals surface area contributed by atoms with Gasteiger partial charge in [0.05, 0.1) is 52.6 Å². The third-order valence-electron chi connectivity index (χ3n) is 15.5. The summed E-state index contributed by atoms with van der Waals surface area (Å²) < 4.78 is 21.9. The molecule has 0 saturated carbocycles. The van der Waals surface area contributed by atoms with Crippen molar-refractivity contribution in [2.45, 2.75) is 297 Å².